The van der Waals surface area contributed by atoms with Crippen LogP contribution in [0.25, 0.3) is 0 Å². The molecule has 0 aliphatic heterocycles. The summed E-state index contributed by atoms with van der Waals surface area (Å²) in [5, 5.41) is 9.26. The van der Waals surface area contributed by atoms with E-state index in [-0.39, 0.29) is 35.3 Å². The summed E-state index contributed by atoms with van der Waals surface area (Å²) in [5.41, 5.74) is -0.374. The summed E-state index contributed by atoms with van der Waals surface area (Å²) in [4.78, 5) is 16.2. The second-order valence-electron chi connectivity index (χ2n) is 6.35. The van der Waals surface area contributed by atoms with Gasteiger partial charge in [0.15, 0.2) is 5.96 Å². The molecule has 0 spiro atoms. The maximum Gasteiger partial charge on any atom is 0.225 e. The summed E-state index contributed by atoms with van der Waals surface area (Å²) in [6, 6.07) is 9.70. The van der Waals surface area contributed by atoms with Crippen molar-refractivity contribution in [1.82, 2.24) is 16.0 Å². The third kappa shape index (κ3) is 10.9. The molecule has 0 radical (unpaired) electrons. The van der Waals surface area contributed by atoms with Crippen molar-refractivity contribution in [1.29, 1.82) is 0 Å². The zero-order chi connectivity index (χ0) is 17.8. The van der Waals surface area contributed by atoms with Gasteiger partial charge >= 0.3 is 0 Å². The van der Waals surface area contributed by atoms with Crippen LogP contribution in [0.2, 0.25) is 0 Å². The quantitative estimate of drug-likeness (QED) is 0.240. The number of nitrogens with one attached hydrogen (secondary N) is 3. The molecule has 6 nitrogen and oxygen atoms in total. The first-order valence-corrected chi connectivity index (χ1v) is 8.42. The minimum atomic E-state index is -0.374. The number of guanidine groups is 1. The number of hydrogen-bond donors (Lipinski definition) is 3. The van der Waals surface area contributed by atoms with Crippen molar-refractivity contribution in [2.75, 3.05) is 32.8 Å². The summed E-state index contributed by atoms with van der Waals surface area (Å²) in [7, 11) is 0. The Balaban J connectivity index is 0.00000576. The average Bonchev–Trinajstić information content (AvgIpc) is 2.55. The Kier molecular flexibility index (Phi) is 12.0. The number of aliphatic imine (C=N–C) groups is 1. The van der Waals surface area contributed by atoms with E-state index in [1.54, 1.807) is 0 Å². The third-order valence-electron chi connectivity index (χ3n) is 3.10. The molecule has 1 aromatic carbocycles. The number of ether oxygens (including phenoxy) is 1. The van der Waals surface area contributed by atoms with Crippen LogP contribution in [-0.4, -0.2) is 44.7 Å². The molecule has 0 saturated heterocycles. The van der Waals surface area contributed by atoms with Gasteiger partial charge in [0.05, 0.1) is 13.1 Å². The lowest BCUT2D eigenvalue weighted by Crippen LogP contribution is -2.40. The lowest BCUT2D eigenvalue weighted by molar-refractivity contribution is -0.128. The third-order valence-corrected chi connectivity index (χ3v) is 3.10. The summed E-state index contributed by atoms with van der Waals surface area (Å²) < 4.78 is 5.63. The van der Waals surface area contributed by atoms with Gasteiger partial charge in [0.1, 0.15) is 12.4 Å². The molecule has 7 heteroatoms. The lowest BCUT2D eigenvalue weighted by atomic mass is 9.96. The monoisotopic (exact) mass is 462 g/mol. The van der Waals surface area contributed by atoms with Crippen molar-refractivity contribution in [3.63, 3.8) is 0 Å². The number of nitrogens with zero attached hydrogens (tertiary/aromatic N) is 1. The molecule has 1 rings (SSSR count). The van der Waals surface area contributed by atoms with Crippen LogP contribution in [0.3, 0.4) is 0 Å². The Labute approximate surface area is 168 Å². The zero-order valence-corrected chi connectivity index (χ0v) is 17.9. The molecule has 0 aliphatic rings. The van der Waals surface area contributed by atoms with E-state index in [1.165, 1.54) is 0 Å². The van der Waals surface area contributed by atoms with Gasteiger partial charge in [-0.3, -0.25) is 9.79 Å². The fourth-order valence-corrected chi connectivity index (χ4v) is 1.80. The van der Waals surface area contributed by atoms with E-state index in [9.17, 15) is 4.79 Å². The Morgan fingerprint density at radius 3 is 2.36 bits per heavy atom. The number of carbonyl (C=O) groups is 1. The molecule has 1 amide bonds. The Hall–Kier alpha value is -1.51. The first-order valence-electron chi connectivity index (χ1n) is 8.42. The molecule has 3 N–H and O–H groups in total. The van der Waals surface area contributed by atoms with Crippen LogP contribution >= 0.6 is 24.0 Å². The van der Waals surface area contributed by atoms with Gasteiger partial charge in [-0.25, -0.2) is 0 Å². The van der Waals surface area contributed by atoms with Crippen LogP contribution < -0.4 is 20.7 Å². The highest BCUT2D eigenvalue weighted by Gasteiger charge is 2.20. The molecule has 0 saturated carbocycles. The molecular weight excluding hydrogens is 431 g/mol. The van der Waals surface area contributed by atoms with Crippen LogP contribution in [0, 0.1) is 5.41 Å². The Morgan fingerprint density at radius 1 is 1.08 bits per heavy atom. The normalized spacial score (nSPS) is 11.3. The molecule has 25 heavy (non-hydrogen) atoms. The lowest BCUT2D eigenvalue weighted by Gasteiger charge is -2.17. The number of amides is 1. The van der Waals surface area contributed by atoms with Gasteiger partial charge in [0.25, 0.3) is 0 Å². The van der Waals surface area contributed by atoms with Gasteiger partial charge < -0.3 is 20.7 Å². The average molecular weight is 462 g/mol. The Bertz CT molecular complexity index is 516. The maximum atomic E-state index is 11.8. The van der Waals surface area contributed by atoms with Crippen molar-refractivity contribution in [3.05, 3.63) is 30.3 Å². The fourth-order valence-electron chi connectivity index (χ4n) is 1.80. The van der Waals surface area contributed by atoms with E-state index in [2.05, 4.69) is 20.9 Å². The Morgan fingerprint density at radius 2 is 1.76 bits per heavy atom. The minimum absolute atomic E-state index is 0. The molecule has 0 bridgehead atoms. The van der Waals surface area contributed by atoms with Gasteiger partial charge in [-0.15, -0.1) is 24.0 Å². The maximum absolute atomic E-state index is 11.8. The standard InChI is InChI=1S/C18H30N4O2.HI/c1-5-19-17(21-12-11-20-16(23)18(2,3)4)22-13-14-24-15-9-7-6-8-10-15;/h6-10H,5,11-14H2,1-4H3,(H,20,23)(H2,19,21,22);1H. The molecule has 1 aromatic rings. The summed E-state index contributed by atoms with van der Waals surface area (Å²) >= 11 is 0. The van der Waals surface area contributed by atoms with Crippen molar-refractivity contribution in [3.8, 4) is 5.75 Å². The van der Waals surface area contributed by atoms with E-state index in [0.29, 0.717) is 26.2 Å². The molecule has 0 unspecified atom stereocenters. The van der Waals surface area contributed by atoms with Crippen LogP contribution in [0.4, 0.5) is 0 Å². The molecule has 0 fully saturated rings. The van der Waals surface area contributed by atoms with Gasteiger partial charge in [-0.1, -0.05) is 39.0 Å². The van der Waals surface area contributed by atoms with Crippen molar-refractivity contribution in [2.24, 2.45) is 10.4 Å². The van der Waals surface area contributed by atoms with Gasteiger partial charge in [0.2, 0.25) is 5.91 Å². The number of carbonyl (C=O) groups excluding carboxylic acids is 1. The predicted molar refractivity (Wildman–Crippen MR) is 114 cm³/mol. The SMILES string of the molecule is CCNC(=NCCNC(=O)C(C)(C)C)NCCOc1ccccc1.I. The van der Waals surface area contributed by atoms with Crippen LogP contribution in [0.5, 0.6) is 5.75 Å². The summed E-state index contributed by atoms with van der Waals surface area (Å²) in [6.45, 7) is 10.7. The first-order chi connectivity index (χ1) is 11.4. The highest BCUT2D eigenvalue weighted by Crippen LogP contribution is 2.11. The van der Waals surface area contributed by atoms with E-state index in [1.807, 2.05) is 58.0 Å². The van der Waals surface area contributed by atoms with Gasteiger partial charge in [-0.05, 0) is 19.1 Å². The highest BCUT2D eigenvalue weighted by atomic mass is 127. The largest absolute Gasteiger partial charge is 0.492 e. The number of hydrogen-bond acceptors (Lipinski definition) is 3. The topological polar surface area (TPSA) is 74.8 Å². The molecule has 0 aliphatic carbocycles. The molecule has 0 heterocycles. The van der Waals surface area contributed by atoms with Crippen LogP contribution in [-0.2, 0) is 4.79 Å². The van der Waals surface area contributed by atoms with E-state index >= 15 is 0 Å². The van der Waals surface area contributed by atoms with Crippen LogP contribution in [0.1, 0.15) is 27.7 Å². The second-order valence-corrected chi connectivity index (χ2v) is 6.35. The fraction of sp³-hybridized carbons (Fsp3) is 0.556. The van der Waals surface area contributed by atoms with Crippen molar-refractivity contribution in [2.45, 2.75) is 27.7 Å². The van der Waals surface area contributed by atoms with E-state index < -0.39 is 0 Å². The molecule has 142 valence electrons. The van der Waals surface area contributed by atoms with E-state index in [0.717, 1.165) is 18.3 Å². The number of halogens is 1. The first kappa shape index (κ1) is 23.5. The predicted octanol–water partition coefficient (Wildman–Crippen LogP) is 2.40. The number of rotatable bonds is 8. The molecular formula is C18H31IN4O2. The number of para-hydroxylation sites is 1. The highest BCUT2D eigenvalue weighted by molar-refractivity contribution is 14.0. The van der Waals surface area contributed by atoms with Crippen molar-refractivity contribution >= 4 is 35.8 Å². The minimum Gasteiger partial charge on any atom is -0.492 e. The number of benzene rings is 1. The second kappa shape index (κ2) is 12.8. The smallest absolute Gasteiger partial charge is 0.225 e. The van der Waals surface area contributed by atoms with Crippen LogP contribution in [0.15, 0.2) is 35.3 Å². The van der Waals surface area contributed by atoms with E-state index in [4.69, 9.17) is 4.74 Å². The van der Waals surface area contributed by atoms with Gasteiger partial charge in [0, 0.05) is 18.5 Å². The summed E-state index contributed by atoms with van der Waals surface area (Å²) in [5.74, 6) is 1.61. The molecule has 0 aromatic heterocycles. The summed E-state index contributed by atoms with van der Waals surface area (Å²) in [6.07, 6.45) is 0. The van der Waals surface area contributed by atoms with Crippen molar-refractivity contribution < 1.29 is 9.53 Å². The van der Waals surface area contributed by atoms with Gasteiger partial charge in [-0.2, -0.15) is 0 Å². The molecule has 0 atom stereocenters. The zero-order valence-electron chi connectivity index (χ0n) is 15.6.